The van der Waals surface area contributed by atoms with Crippen molar-refractivity contribution in [1.29, 1.82) is 0 Å². The fourth-order valence-electron chi connectivity index (χ4n) is 3.42. The van der Waals surface area contributed by atoms with Gasteiger partial charge >= 0.3 is 0 Å². The summed E-state index contributed by atoms with van der Waals surface area (Å²) in [5.74, 6) is -2.69. The highest BCUT2D eigenvalue weighted by Crippen LogP contribution is 2.25. The van der Waals surface area contributed by atoms with Gasteiger partial charge in [-0.1, -0.05) is 12.1 Å². The van der Waals surface area contributed by atoms with Crippen LogP contribution in [0.1, 0.15) is 32.3 Å². The number of nitrogens with zero attached hydrogens (tertiary/aromatic N) is 1. The first-order valence-electron chi connectivity index (χ1n) is 10.4. The molecule has 0 aliphatic carbocycles. The van der Waals surface area contributed by atoms with Gasteiger partial charge in [0.05, 0.1) is 18.7 Å². The van der Waals surface area contributed by atoms with Crippen LogP contribution >= 0.6 is 0 Å². The number of methoxy groups -OCH3 is 1. The number of halogens is 2. The number of benzene rings is 3. The van der Waals surface area contributed by atoms with E-state index in [-0.39, 0.29) is 35.2 Å². The molecule has 0 aliphatic rings. The van der Waals surface area contributed by atoms with Gasteiger partial charge in [0.25, 0.3) is 11.8 Å². The van der Waals surface area contributed by atoms with Crippen LogP contribution in [-0.4, -0.2) is 49.6 Å². The van der Waals surface area contributed by atoms with Crippen LogP contribution in [0.4, 0.5) is 14.5 Å². The first kappa shape index (κ1) is 24.7. The second-order valence-electron chi connectivity index (χ2n) is 7.81. The van der Waals surface area contributed by atoms with Gasteiger partial charge in [-0.15, -0.1) is 0 Å². The zero-order valence-electron chi connectivity index (χ0n) is 18.9. The van der Waals surface area contributed by atoms with Crippen molar-refractivity contribution in [3.8, 4) is 11.5 Å². The minimum atomic E-state index is -0.884. The van der Waals surface area contributed by atoms with Crippen molar-refractivity contribution in [2.45, 2.75) is 6.04 Å². The Morgan fingerprint density at radius 3 is 2.32 bits per heavy atom. The van der Waals surface area contributed by atoms with E-state index < -0.39 is 23.4 Å². The summed E-state index contributed by atoms with van der Waals surface area (Å²) in [5.41, 5.74) is 0.899. The van der Waals surface area contributed by atoms with Gasteiger partial charge in [0, 0.05) is 29.9 Å². The quantitative estimate of drug-likeness (QED) is 0.465. The summed E-state index contributed by atoms with van der Waals surface area (Å²) >= 11 is 0. The van der Waals surface area contributed by atoms with Gasteiger partial charge in [-0.05, 0) is 56.1 Å². The number of likely N-dealkylation sites (N-methyl/N-ethyl adjacent to an activating group) is 1. The molecule has 3 N–H and O–H groups in total. The third kappa shape index (κ3) is 6.08. The van der Waals surface area contributed by atoms with Crippen molar-refractivity contribution in [2.24, 2.45) is 0 Å². The molecule has 0 fully saturated rings. The molecule has 0 bridgehead atoms. The second-order valence-corrected chi connectivity index (χ2v) is 7.81. The van der Waals surface area contributed by atoms with Crippen LogP contribution in [-0.2, 0) is 0 Å². The number of rotatable bonds is 8. The van der Waals surface area contributed by atoms with Crippen molar-refractivity contribution in [3.63, 3.8) is 0 Å². The Morgan fingerprint density at radius 1 is 1.00 bits per heavy atom. The number of hydrogen-bond acceptors (Lipinski definition) is 5. The lowest BCUT2D eigenvalue weighted by atomic mass is 10.1. The smallest absolute Gasteiger partial charge is 0.255 e. The summed E-state index contributed by atoms with van der Waals surface area (Å²) in [6, 6.07) is 13.8. The van der Waals surface area contributed by atoms with Crippen molar-refractivity contribution in [1.82, 2.24) is 10.2 Å². The molecule has 0 spiro atoms. The van der Waals surface area contributed by atoms with Gasteiger partial charge < -0.3 is 25.4 Å². The number of carbonyl (C=O) groups is 2. The lowest BCUT2D eigenvalue weighted by molar-refractivity contribution is 0.0938. The van der Waals surface area contributed by atoms with Gasteiger partial charge in [-0.2, -0.15) is 0 Å². The highest BCUT2D eigenvalue weighted by atomic mass is 19.1. The average molecular weight is 469 g/mol. The predicted octanol–water partition coefficient (Wildman–Crippen LogP) is 3.96. The molecule has 1 unspecified atom stereocenters. The summed E-state index contributed by atoms with van der Waals surface area (Å²) < 4.78 is 32.0. The van der Waals surface area contributed by atoms with Crippen LogP contribution in [0.2, 0.25) is 0 Å². The molecule has 0 aromatic heterocycles. The maximum Gasteiger partial charge on any atom is 0.255 e. The Morgan fingerprint density at radius 2 is 1.71 bits per heavy atom. The Kier molecular flexibility index (Phi) is 7.80. The largest absolute Gasteiger partial charge is 0.507 e. The number of phenolic OH excluding ortho intramolecular Hbond substituents is 1. The Labute approximate surface area is 196 Å². The van der Waals surface area contributed by atoms with E-state index in [9.17, 15) is 23.5 Å². The van der Waals surface area contributed by atoms with Gasteiger partial charge in [0.2, 0.25) is 0 Å². The van der Waals surface area contributed by atoms with E-state index in [0.717, 1.165) is 17.7 Å². The van der Waals surface area contributed by atoms with E-state index in [1.165, 1.54) is 18.2 Å². The maximum absolute atomic E-state index is 13.3. The topological polar surface area (TPSA) is 90.9 Å². The van der Waals surface area contributed by atoms with Crippen LogP contribution in [0.5, 0.6) is 11.5 Å². The number of anilines is 1. The molecule has 2 amide bonds. The number of phenols is 1. The summed E-state index contributed by atoms with van der Waals surface area (Å²) in [4.78, 5) is 26.9. The molecule has 7 nitrogen and oxygen atoms in total. The molecular formula is C25H25F2N3O4. The molecular weight excluding hydrogens is 444 g/mol. The minimum absolute atomic E-state index is 0.0120. The van der Waals surface area contributed by atoms with Crippen LogP contribution in [0.3, 0.4) is 0 Å². The van der Waals surface area contributed by atoms with Crippen LogP contribution < -0.4 is 15.4 Å². The first-order valence-corrected chi connectivity index (χ1v) is 10.4. The highest BCUT2D eigenvalue weighted by molar-refractivity contribution is 6.05. The molecule has 0 saturated heterocycles. The second kappa shape index (κ2) is 10.8. The summed E-state index contributed by atoms with van der Waals surface area (Å²) in [7, 11) is 5.35. The number of nitrogens with one attached hydrogen (secondary N) is 2. The molecule has 9 heteroatoms. The molecule has 0 aliphatic heterocycles. The summed E-state index contributed by atoms with van der Waals surface area (Å²) in [5, 5.41) is 15.6. The highest BCUT2D eigenvalue weighted by Gasteiger charge is 2.19. The van der Waals surface area contributed by atoms with Gasteiger partial charge in [0.1, 0.15) is 23.1 Å². The van der Waals surface area contributed by atoms with Crippen molar-refractivity contribution >= 4 is 17.5 Å². The molecule has 0 saturated carbocycles. The monoisotopic (exact) mass is 469 g/mol. The number of aromatic hydroxyl groups is 1. The molecule has 3 aromatic rings. The number of hydrogen-bond donors (Lipinski definition) is 3. The van der Waals surface area contributed by atoms with Gasteiger partial charge in [-0.25, -0.2) is 8.78 Å². The number of ether oxygens (including phenoxy) is 1. The predicted molar refractivity (Wildman–Crippen MR) is 124 cm³/mol. The Hall–Kier alpha value is -3.98. The van der Waals surface area contributed by atoms with E-state index in [0.29, 0.717) is 11.8 Å². The van der Waals surface area contributed by atoms with Gasteiger partial charge in [-0.3, -0.25) is 9.59 Å². The van der Waals surface area contributed by atoms with Crippen molar-refractivity contribution in [2.75, 3.05) is 33.1 Å². The normalized spacial score (nSPS) is 11.7. The van der Waals surface area contributed by atoms with E-state index in [1.54, 1.807) is 7.11 Å². The third-order valence-electron chi connectivity index (χ3n) is 5.18. The van der Waals surface area contributed by atoms with Gasteiger partial charge in [0.15, 0.2) is 0 Å². The molecule has 0 radical (unpaired) electrons. The van der Waals surface area contributed by atoms with Crippen LogP contribution in [0.25, 0.3) is 0 Å². The Bertz CT molecular complexity index is 1180. The molecule has 1 atom stereocenters. The standard InChI is InChI=1S/C25H25F2N3O4/c1-30(2)22(15-5-4-6-20(11-15)34-3)14-28-25(33)21-8-7-19(13-23(21)31)29-24(32)16-9-17(26)12-18(27)10-16/h4-13,22,31H,14H2,1-3H3,(H,28,33)(H,29,32). The lowest BCUT2D eigenvalue weighted by Crippen LogP contribution is -2.34. The van der Waals surface area contributed by atoms with Crippen LogP contribution in [0, 0.1) is 11.6 Å². The first-order chi connectivity index (χ1) is 16.2. The minimum Gasteiger partial charge on any atom is -0.507 e. The van der Waals surface area contributed by atoms with E-state index in [2.05, 4.69) is 10.6 Å². The van der Waals surface area contributed by atoms with Crippen LogP contribution in [0.15, 0.2) is 60.7 Å². The number of carbonyl (C=O) groups excluding carboxylic acids is 2. The SMILES string of the molecule is COc1cccc(C(CNC(=O)c2ccc(NC(=O)c3cc(F)cc(F)c3)cc2O)N(C)C)c1. The zero-order chi connectivity index (χ0) is 24.8. The van der Waals surface area contributed by atoms with E-state index >= 15 is 0 Å². The summed E-state index contributed by atoms with van der Waals surface area (Å²) in [6.07, 6.45) is 0. The lowest BCUT2D eigenvalue weighted by Gasteiger charge is -2.25. The van der Waals surface area contributed by atoms with E-state index in [4.69, 9.17) is 4.74 Å². The fraction of sp³-hybridized carbons (Fsp3) is 0.200. The third-order valence-corrected chi connectivity index (χ3v) is 5.18. The average Bonchev–Trinajstić information content (AvgIpc) is 2.78. The Balaban J connectivity index is 1.68. The summed E-state index contributed by atoms with van der Waals surface area (Å²) in [6.45, 7) is 0.266. The molecule has 0 heterocycles. The molecule has 3 rings (SSSR count). The maximum atomic E-state index is 13.3. The molecule has 34 heavy (non-hydrogen) atoms. The molecule has 178 valence electrons. The molecule has 3 aromatic carbocycles. The number of amides is 2. The van der Waals surface area contributed by atoms with Crippen molar-refractivity contribution < 1.29 is 28.2 Å². The zero-order valence-corrected chi connectivity index (χ0v) is 18.9. The van der Waals surface area contributed by atoms with E-state index in [1.807, 2.05) is 43.3 Å². The fourth-order valence-corrected chi connectivity index (χ4v) is 3.42. The van der Waals surface area contributed by atoms with Crippen molar-refractivity contribution in [3.05, 3.63) is 89.0 Å².